The monoisotopic (exact) mass is 318 g/mol. The zero-order valence-electron chi connectivity index (χ0n) is 12.3. The van der Waals surface area contributed by atoms with Crippen LogP contribution in [0.1, 0.15) is 23.2 Å². The molecule has 0 unspecified atom stereocenters. The molecule has 0 aliphatic carbocycles. The van der Waals surface area contributed by atoms with Crippen LogP contribution in [0.4, 0.5) is 14.5 Å². The van der Waals surface area contributed by atoms with E-state index < -0.39 is 17.5 Å². The molecule has 0 fully saturated rings. The van der Waals surface area contributed by atoms with Gasteiger partial charge in [0.1, 0.15) is 11.6 Å². The zero-order chi connectivity index (χ0) is 16.7. The number of nitrogens with one attached hydrogen (secondary N) is 2. The highest BCUT2D eigenvalue weighted by Crippen LogP contribution is 2.15. The number of hydrogen-bond acceptors (Lipinski definition) is 2. The summed E-state index contributed by atoms with van der Waals surface area (Å²) >= 11 is 0. The van der Waals surface area contributed by atoms with E-state index in [0.717, 1.165) is 6.07 Å². The van der Waals surface area contributed by atoms with Crippen molar-refractivity contribution in [1.82, 2.24) is 5.32 Å². The van der Waals surface area contributed by atoms with E-state index in [9.17, 15) is 18.4 Å². The Balaban J connectivity index is 1.72. The van der Waals surface area contributed by atoms with Crippen LogP contribution in [0.25, 0.3) is 0 Å². The average Bonchev–Trinajstić information content (AvgIpc) is 2.55. The van der Waals surface area contributed by atoms with Crippen LogP contribution >= 0.6 is 0 Å². The number of carbonyl (C=O) groups excluding carboxylic acids is 2. The van der Waals surface area contributed by atoms with E-state index in [1.165, 1.54) is 6.07 Å². The summed E-state index contributed by atoms with van der Waals surface area (Å²) in [5, 5.41) is 5.06. The van der Waals surface area contributed by atoms with Crippen LogP contribution in [0.5, 0.6) is 0 Å². The summed E-state index contributed by atoms with van der Waals surface area (Å²) in [4.78, 5) is 23.4. The van der Waals surface area contributed by atoms with Gasteiger partial charge < -0.3 is 10.6 Å². The smallest absolute Gasteiger partial charge is 0.251 e. The van der Waals surface area contributed by atoms with E-state index in [2.05, 4.69) is 10.6 Å². The highest BCUT2D eigenvalue weighted by atomic mass is 19.1. The lowest BCUT2D eigenvalue weighted by atomic mass is 10.2. The lowest BCUT2D eigenvalue weighted by molar-refractivity contribution is -0.116. The molecule has 2 aromatic rings. The van der Waals surface area contributed by atoms with E-state index in [0.29, 0.717) is 24.6 Å². The minimum absolute atomic E-state index is 0.0651. The fourth-order valence-corrected chi connectivity index (χ4v) is 1.95. The van der Waals surface area contributed by atoms with Crippen molar-refractivity contribution < 1.29 is 18.4 Å². The first-order valence-corrected chi connectivity index (χ1v) is 7.14. The fourth-order valence-electron chi connectivity index (χ4n) is 1.95. The van der Waals surface area contributed by atoms with Gasteiger partial charge in [0, 0.05) is 24.6 Å². The summed E-state index contributed by atoms with van der Waals surface area (Å²) < 4.78 is 26.1. The predicted molar refractivity (Wildman–Crippen MR) is 83.0 cm³/mol. The third-order valence-corrected chi connectivity index (χ3v) is 3.11. The maximum absolute atomic E-state index is 13.4. The lowest BCUT2D eigenvalue weighted by Gasteiger charge is -2.07. The summed E-state index contributed by atoms with van der Waals surface area (Å²) in [7, 11) is 0. The molecule has 6 heteroatoms. The van der Waals surface area contributed by atoms with Gasteiger partial charge in [-0.2, -0.15) is 0 Å². The topological polar surface area (TPSA) is 58.2 Å². The number of anilines is 1. The van der Waals surface area contributed by atoms with Crippen LogP contribution in [-0.4, -0.2) is 18.4 Å². The third kappa shape index (κ3) is 5.18. The molecular weight excluding hydrogens is 302 g/mol. The van der Waals surface area contributed by atoms with Crippen molar-refractivity contribution in [3.05, 3.63) is 65.7 Å². The number of benzene rings is 2. The molecule has 0 heterocycles. The second-order valence-electron chi connectivity index (χ2n) is 4.90. The minimum Gasteiger partial charge on any atom is -0.352 e. The molecule has 23 heavy (non-hydrogen) atoms. The van der Waals surface area contributed by atoms with Crippen molar-refractivity contribution in [1.29, 1.82) is 0 Å². The number of rotatable bonds is 6. The number of amides is 2. The summed E-state index contributed by atoms with van der Waals surface area (Å²) in [6.45, 7) is 0.326. The van der Waals surface area contributed by atoms with Gasteiger partial charge in [-0.3, -0.25) is 9.59 Å². The van der Waals surface area contributed by atoms with Crippen LogP contribution in [0.2, 0.25) is 0 Å². The molecule has 0 saturated heterocycles. The first kappa shape index (κ1) is 16.6. The van der Waals surface area contributed by atoms with Gasteiger partial charge in [-0.15, -0.1) is 0 Å². The van der Waals surface area contributed by atoms with Gasteiger partial charge in [0.2, 0.25) is 5.91 Å². The number of carbonyl (C=O) groups is 2. The van der Waals surface area contributed by atoms with Crippen LogP contribution in [-0.2, 0) is 4.79 Å². The van der Waals surface area contributed by atoms with Gasteiger partial charge in [0.25, 0.3) is 5.91 Å². The summed E-state index contributed by atoms with van der Waals surface area (Å²) in [5.41, 5.74) is 0.482. The molecule has 0 saturated carbocycles. The Morgan fingerprint density at radius 3 is 2.43 bits per heavy atom. The van der Waals surface area contributed by atoms with Crippen molar-refractivity contribution in [3.63, 3.8) is 0 Å². The van der Waals surface area contributed by atoms with Crippen LogP contribution < -0.4 is 10.6 Å². The molecule has 0 radical (unpaired) electrons. The summed E-state index contributed by atoms with van der Waals surface area (Å²) in [6, 6.07) is 11.7. The molecule has 2 rings (SSSR count). The average molecular weight is 318 g/mol. The Hall–Kier alpha value is -2.76. The lowest BCUT2D eigenvalue weighted by Crippen LogP contribution is -2.25. The SMILES string of the molecule is O=C(CCCNC(=O)c1ccccc1)Nc1ccc(F)cc1F. The Kier molecular flexibility index (Phi) is 5.80. The molecule has 0 spiro atoms. The van der Waals surface area contributed by atoms with E-state index in [4.69, 9.17) is 0 Å². The van der Waals surface area contributed by atoms with Crippen LogP contribution in [0.15, 0.2) is 48.5 Å². The van der Waals surface area contributed by atoms with Gasteiger partial charge in [0.15, 0.2) is 0 Å². The second kappa shape index (κ2) is 8.03. The second-order valence-corrected chi connectivity index (χ2v) is 4.90. The molecule has 0 bridgehead atoms. The molecule has 120 valence electrons. The molecule has 4 nitrogen and oxygen atoms in total. The van der Waals surface area contributed by atoms with Crippen molar-refractivity contribution >= 4 is 17.5 Å². The molecule has 0 aliphatic rings. The third-order valence-electron chi connectivity index (χ3n) is 3.11. The quantitative estimate of drug-likeness (QED) is 0.804. The Morgan fingerprint density at radius 2 is 1.74 bits per heavy atom. The van der Waals surface area contributed by atoms with Crippen molar-refractivity contribution in [2.24, 2.45) is 0 Å². The Labute approximate surface area is 132 Å². The zero-order valence-corrected chi connectivity index (χ0v) is 12.3. The van der Waals surface area contributed by atoms with Crippen LogP contribution in [0, 0.1) is 11.6 Å². The predicted octanol–water partition coefficient (Wildman–Crippen LogP) is 3.11. The highest BCUT2D eigenvalue weighted by molar-refractivity contribution is 5.94. The molecule has 0 aliphatic heterocycles. The normalized spacial score (nSPS) is 10.2. The Morgan fingerprint density at radius 1 is 1.00 bits per heavy atom. The Bertz CT molecular complexity index is 690. The highest BCUT2D eigenvalue weighted by Gasteiger charge is 2.08. The fraction of sp³-hybridized carbons (Fsp3) is 0.176. The van der Waals surface area contributed by atoms with Gasteiger partial charge in [-0.05, 0) is 30.7 Å². The van der Waals surface area contributed by atoms with E-state index >= 15 is 0 Å². The molecule has 0 aromatic heterocycles. The number of halogens is 2. The van der Waals surface area contributed by atoms with E-state index in [1.54, 1.807) is 24.3 Å². The van der Waals surface area contributed by atoms with Gasteiger partial charge in [-0.1, -0.05) is 18.2 Å². The largest absolute Gasteiger partial charge is 0.352 e. The van der Waals surface area contributed by atoms with Crippen molar-refractivity contribution in [3.8, 4) is 0 Å². The van der Waals surface area contributed by atoms with Crippen molar-refractivity contribution in [2.45, 2.75) is 12.8 Å². The number of hydrogen-bond donors (Lipinski definition) is 2. The van der Waals surface area contributed by atoms with Crippen molar-refractivity contribution in [2.75, 3.05) is 11.9 Å². The van der Waals surface area contributed by atoms with Gasteiger partial charge >= 0.3 is 0 Å². The maximum Gasteiger partial charge on any atom is 0.251 e. The molecule has 0 atom stereocenters. The van der Waals surface area contributed by atoms with E-state index in [-0.39, 0.29) is 18.0 Å². The summed E-state index contributed by atoms with van der Waals surface area (Å²) in [6.07, 6.45) is 0.527. The van der Waals surface area contributed by atoms with Crippen LogP contribution in [0.3, 0.4) is 0 Å². The van der Waals surface area contributed by atoms with E-state index in [1.807, 2.05) is 6.07 Å². The first-order chi connectivity index (χ1) is 11.1. The first-order valence-electron chi connectivity index (χ1n) is 7.14. The summed E-state index contributed by atoms with van der Waals surface area (Å²) in [5.74, 6) is -2.14. The maximum atomic E-state index is 13.4. The minimum atomic E-state index is -0.823. The standard InChI is InChI=1S/C17H16F2N2O2/c18-13-8-9-15(14(19)11-13)21-16(22)7-4-10-20-17(23)12-5-2-1-3-6-12/h1-3,5-6,8-9,11H,4,7,10H2,(H,20,23)(H,21,22). The molecular formula is C17H16F2N2O2. The van der Waals surface area contributed by atoms with Gasteiger partial charge in [0.05, 0.1) is 5.69 Å². The molecule has 2 amide bonds. The van der Waals surface area contributed by atoms with Gasteiger partial charge in [-0.25, -0.2) is 8.78 Å². The molecule has 2 N–H and O–H groups in total. The molecule has 2 aromatic carbocycles.